The minimum Gasteiger partial charge on any atom is -0.486 e. The minimum absolute atomic E-state index is 0.128. The minimum atomic E-state index is -0.647. The van der Waals surface area contributed by atoms with Crippen LogP contribution in [-0.2, 0) is 6.61 Å². The van der Waals surface area contributed by atoms with Gasteiger partial charge in [0.05, 0.1) is 15.6 Å². The van der Waals surface area contributed by atoms with Gasteiger partial charge in [0.15, 0.2) is 5.75 Å². The van der Waals surface area contributed by atoms with E-state index >= 15 is 0 Å². The standard InChI is InChI=1S/C14H9Cl3O2/c15-11-7-6-10(14(17)18)12(16)13(11)19-8-9-4-2-1-3-5-9/h1-7H,8H2. The van der Waals surface area contributed by atoms with Crippen LogP contribution >= 0.6 is 34.8 Å². The molecule has 0 saturated carbocycles. The molecule has 0 bridgehead atoms. The van der Waals surface area contributed by atoms with E-state index in [1.165, 1.54) is 12.1 Å². The average Bonchev–Trinajstić information content (AvgIpc) is 2.39. The van der Waals surface area contributed by atoms with Crippen LogP contribution in [0.4, 0.5) is 0 Å². The fourth-order valence-corrected chi connectivity index (χ4v) is 2.32. The number of rotatable bonds is 4. The van der Waals surface area contributed by atoms with Crippen molar-refractivity contribution in [3.8, 4) is 5.75 Å². The maximum Gasteiger partial charge on any atom is 0.254 e. The van der Waals surface area contributed by atoms with Crippen LogP contribution in [0, 0.1) is 0 Å². The summed E-state index contributed by atoms with van der Waals surface area (Å²) in [5, 5.41) is -0.183. The summed E-state index contributed by atoms with van der Waals surface area (Å²) < 4.78 is 5.57. The molecule has 0 aromatic heterocycles. The molecule has 0 aliphatic rings. The Labute approximate surface area is 125 Å². The number of hydrogen-bond acceptors (Lipinski definition) is 2. The highest BCUT2D eigenvalue weighted by atomic mass is 35.5. The number of ether oxygens (including phenoxy) is 1. The van der Waals surface area contributed by atoms with E-state index in [0.29, 0.717) is 11.6 Å². The van der Waals surface area contributed by atoms with Crippen molar-refractivity contribution in [1.82, 2.24) is 0 Å². The van der Waals surface area contributed by atoms with E-state index < -0.39 is 5.24 Å². The van der Waals surface area contributed by atoms with Crippen LogP contribution in [0.2, 0.25) is 10.0 Å². The molecule has 2 rings (SSSR count). The van der Waals surface area contributed by atoms with Crippen molar-refractivity contribution in [3.05, 3.63) is 63.6 Å². The van der Waals surface area contributed by atoms with Crippen molar-refractivity contribution in [3.63, 3.8) is 0 Å². The first kappa shape index (κ1) is 14.2. The van der Waals surface area contributed by atoms with E-state index in [2.05, 4.69) is 0 Å². The van der Waals surface area contributed by atoms with Crippen molar-refractivity contribution in [2.24, 2.45) is 0 Å². The normalized spacial score (nSPS) is 10.3. The molecule has 98 valence electrons. The smallest absolute Gasteiger partial charge is 0.254 e. The van der Waals surface area contributed by atoms with Crippen LogP contribution in [0.3, 0.4) is 0 Å². The maximum absolute atomic E-state index is 11.2. The second-order valence-electron chi connectivity index (χ2n) is 3.79. The lowest BCUT2D eigenvalue weighted by Gasteiger charge is -2.11. The van der Waals surface area contributed by atoms with Gasteiger partial charge < -0.3 is 4.74 Å². The summed E-state index contributed by atoms with van der Waals surface area (Å²) in [6, 6.07) is 12.5. The average molecular weight is 316 g/mol. The Morgan fingerprint density at radius 3 is 2.37 bits per heavy atom. The van der Waals surface area contributed by atoms with E-state index in [1.54, 1.807) is 0 Å². The summed E-state index contributed by atoms with van der Waals surface area (Å²) in [5.41, 5.74) is 1.15. The Morgan fingerprint density at radius 1 is 1.05 bits per heavy atom. The summed E-state index contributed by atoms with van der Waals surface area (Å²) in [6.07, 6.45) is 0. The molecule has 0 aliphatic carbocycles. The Kier molecular flexibility index (Phi) is 4.70. The van der Waals surface area contributed by atoms with Crippen LogP contribution in [-0.4, -0.2) is 5.24 Å². The van der Waals surface area contributed by atoms with E-state index in [0.717, 1.165) is 5.56 Å². The molecule has 2 nitrogen and oxygen atoms in total. The topological polar surface area (TPSA) is 26.3 Å². The fourth-order valence-electron chi connectivity index (χ4n) is 1.55. The molecule has 19 heavy (non-hydrogen) atoms. The zero-order valence-electron chi connectivity index (χ0n) is 9.70. The van der Waals surface area contributed by atoms with Crippen molar-refractivity contribution >= 4 is 40.0 Å². The molecule has 5 heteroatoms. The lowest BCUT2D eigenvalue weighted by molar-refractivity contribution is 0.108. The Balaban J connectivity index is 2.25. The maximum atomic E-state index is 11.2. The predicted molar refractivity (Wildman–Crippen MR) is 77.4 cm³/mol. The van der Waals surface area contributed by atoms with E-state index in [9.17, 15) is 4.79 Å². The second-order valence-corrected chi connectivity index (χ2v) is 4.91. The Morgan fingerprint density at radius 2 is 1.74 bits per heavy atom. The first-order valence-electron chi connectivity index (χ1n) is 5.44. The van der Waals surface area contributed by atoms with Crippen molar-refractivity contribution < 1.29 is 9.53 Å². The fraction of sp³-hybridized carbons (Fsp3) is 0.0714. The van der Waals surface area contributed by atoms with Crippen molar-refractivity contribution in [1.29, 1.82) is 0 Å². The number of halogens is 3. The van der Waals surface area contributed by atoms with Crippen LogP contribution in [0.15, 0.2) is 42.5 Å². The van der Waals surface area contributed by atoms with Gasteiger partial charge in [-0.25, -0.2) is 0 Å². The molecule has 0 saturated heterocycles. The van der Waals surface area contributed by atoms with Gasteiger partial charge in [0.25, 0.3) is 5.24 Å². The SMILES string of the molecule is O=C(Cl)c1ccc(Cl)c(OCc2ccccc2)c1Cl. The lowest BCUT2D eigenvalue weighted by Crippen LogP contribution is -1.99. The molecule has 0 atom stereocenters. The van der Waals surface area contributed by atoms with Gasteiger partial charge in [0, 0.05) is 0 Å². The summed E-state index contributed by atoms with van der Waals surface area (Å²) >= 11 is 17.5. The van der Waals surface area contributed by atoms with Gasteiger partial charge in [-0.2, -0.15) is 0 Å². The Hall–Kier alpha value is -1.22. The summed E-state index contributed by atoms with van der Waals surface area (Å²) in [5.74, 6) is 0.263. The highest BCUT2D eigenvalue weighted by molar-refractivity contribution is 6.69. The molecule has 0 amide bonds. The van der Waals surface area contributed by atoms with Crippen LogP contribution in [0.5, 0.6) is 5.75 Å². The predicted octanol–water partition coefficient (Wildman–Crippen LogP) is 4.95. The zero-order valence-corrected chi connectivity index (χ0v) is 12.0. The number of hydrogen-bond donors (Lipinski definition) is 0. The van der Waals surface area contributed by atoms with Gasteiger partial charge in [0.2, 0.25) is 0 Å². The quantitative estimate of drug-likeness (QED) is 0.746. The molecule has 2 aromatic carbocycles. The van der Waals surface area contributed by atoms with Gasteiger partial charge in [-0.05, 0) is 29.3 Å². The summed E-state index contributed by atoms with van der Waals surface area (Å²) in [6.45, 7) is 0.306. The molecule has 0 heterocycles. The first-order valence-corrected chi connectivity index (χ1v) is 6.57. The molecule has 0 spiro atoms. The molecular formula is C14H9Cl3O2. The third kappa shape index (κ3) is 3.41. The highest BCUT2D eigenvalue weighted by Crippen LogP contribution is 2.36. The van der Waals surface area contributed by atoms with Crippen LogP contribution < -0.4 is 4.74 Å². The third-order valence-electron chi connectivity index (χ3n) is 2.49. The number of carbonyl (C=O) groups excluding carboxylic acids is 1. The summed E-state index contributed by atoms with van der Waals surface area (Å²) in [4.78, 5) is 11.2. The molecule has 0 radical (unpaired) electrons. The third-order valence-corrected chi connectivity index (χ3v) is 3.36. The van der Waals surface area contributed by atoms with E-state index in [-0.39, 0.29) is 16.3 Å². The van der Waals surface area contributed by atoms with Gasteiger partial charge in [-0.15, -0.1) is 0 Å². The van der Waals surface area contributed by atoms with Gasteiger partial charge in [-0.3, -0.25) is 4.79 Å². The van der Waals surface area contributed by atoms with Gasteiger partial charge in [-0.1, -0.05) is 53.5 Å². The molecule has 2 aromatic rings. The number of carbonyl (C=O) groups is 1. The molecule has 0 fully saturated rings. The first-order chi connectivity index (χ1) is 9.09. The second kappa shape index (κ2) is 6.29. The highest BCUT2D eigenvalue weighted by Gasteiger charge is 2.16. The molecule has 0 unspecified atom stereocenters. The van der Waals surface area contributed by atoms with E-state index in [1.807, 2.05) is 30.3 Å². The largest absolute Gasteiger partial charge is 0.486 e. The number of benzene rings is 2. The van der Waals surface area contributed by atoms with Crippen LogP contribution in [0.1, 0.15) is 15.9 Å². The van der Waals surface area contributed by atoms with Crippen molar-refractivity contribution in [2.45, 2.75) is 6.61 Å². The molecule has 0 N–H and O–H groups in total. The molecular weight excluding hydrogens is 307 g/mol. The van der Waals surface area contributed by atoms with Gasteiger partial charge in [0.1, 0.15) is 6.61 Å². The zero-order chi connectivity index (χ0) is 13.8. The Bertz CT molecular complexity index is 597. The summed E-state index contributed by atoms with van der Waals surface area (Å²) in [7, 11) is 0. The van der Waals surface area contributed by atoms with Crippen LogP contribution in [0.25, 0.3) is 0 Å². The lowest BCUT2D eigenvalue weighted by atomic mass is 10.2. The monoisotopic (exact) mass is 314 g/mol. The van der Waals surface area contributed by atoms with Gasteiger partial charge >= 0.3 is 0 Å². The van der Waals surface area contributed by atoms with Crippen molar-refractivity contribution in [2.75, 3.05) is 0 Å². The van der Waals surface area contributed by atoms with E-state index in [4.69, 9.17) is 39.5 Å². The molecule has 0 aliphatic heterocycles.